The Kier molecular flexibility index (Phi) is 3.69. The number of aromatic nitrogens is 1. The Balaban J connectivity index is 1.77. The summed E-state index contributed by atoms with van der Waals surface area (Å²) in [4.78, 5) is 12.2. The number of nitrogens with two attached hydrogens (primary N) is 1. The number of benzene rings is 1. The molecule has 2 aromatic rings. The van der Waals surface area contributed by atoms with Crippen LogP contribution >= 0.6 is 0 Å². The molecule has 142 valence electrons. The van der Waals surface area contributed by atoms with Crippen LogP contribution in [-0.4, -0.2) is 29.4 Å². The molecule has 27 heavy (non-hydrogen) atoms. The first kappa shape index (κ1) is 17.4. The number of alkyl halides is 2. The van der Waals surface area contributed by atoms with Crippen molar-refractivity contribution in [1.29, 1.82) is 0 Å². The number of halogens is 3. The number of anilines is 1. The lowest BCUT2D eigenvalue weighted by Crippen LogP contribution is -2.51. The molecule has 0 amide bonds. The Bertz CT molecular complexity index is 985. The molecule has 0 bridgehead atoms. The van der Waals surface area contributed by atoms with Gasteiger partial charge in [-0.15, -0.1) is 0 Å². The van der Waals surface area contributed by atoms with Crippen LogP contribution in [0.3, 0.4) is 0 Å². The van der Waals surface area contributed by atoms with Gasteiger partial charge in [0, 0.05) is 23.7 Å². The first-order valence-corrected chi connectivity index (χ1v) is 8.12. The van der Waals surface area contributed by atoms with Gasteiger partial charge in [-0.2, -0.15) is 8.78 Å². The molecule has 1 aromatic heterocycles. The van der Waals surface area contributed by atoms with Crippen LogP contribution in [0.25, 0.3) is 0 Å². The number of hydrogen-bond donors (Lipinski definition) is 2. The van der Waals surface area contributed by atoms with Gasteiger partial charge in [0.1, 0.15) is 17.8 Å². The van der Waals surface area contributed by atoms with E-state index < -0.39 is 29.9 Å². The van der Waals surface area contributed by atoms with Gasteiger partial charge in [-0.05, 0) is 19.1 Å². The van der Waals surface area contributed by atoms with E-state index in [0.29, 0.717) is 28.7 Å². The second kappa shape index (κ2) is 5.73. The third kappa shape index (κ3) is 2.71. The van der Waals surface area contributed by atoms with E-state index in [2.05, 4.69) is 25.0 Å². The normalized spacial score (nSPS) is 23.6. The van der Waals surface area contributed by atoms with Crippen molar-refractivity contribution in [1.82, 2.24) is 4.98 Å². The number of ether oxygens (including phenoxy) is 1. The van der Waals surface area contributed by atoms with Gasteiger partial charge in [0.25, 0.3) is 6.02 Å². The maximum absolute atomic E-state index is 14.7. The average Bonchev–Trinajstić information content (AvgIpc) is 3.04. The fraction of sp³-hybridized carbons (Fsp3) is 0.353. The molecule has 1 atom stereocenters. The number of aliphatic imine (C=N–C) groups is 2. The van der Waals surface area contributed by atoms with E-state index in [0.717, 1.165) is 6.92 Å². The van der Waals surface area contributed by atoms with Gasteiger partial charge in [0.05, 0.1) is 6.54 Å². The highest BCUT2D eigenvalue weighted by Gasteiger charge is 2.56. The molecule has 0 fully saturated rings. The molecule has 4 rings (SSSR count). The molecule has 1 aromatic carbocycles. The van der Waals surface area contributed by atoms with E-state index in [9.17, 15) is 13.2 Å². The second-order valence-corrected chi connectivity index (χ2v) is 6.55. The highest BCUT2D eigenvalue weighted by Crippen LogP contribution is 2.45. The van der Waals surface area contributed by atoms with Crippen molar-refractivity contribution in [3.8, 4) is 0 Å². The minimum atomic E-state index is -3.44. The number of oxazole rings is 1. The predicted octanol–water partition coefficient (Wildman–Crippen LogP) is 2.69. The molecule has 3 N–H and O–H groups in total. The number of fused-ring (bicyclic) bond motifs is 1. The summed E-state index contributed by atoms with van der Waals surface area (Å²) in [5, 5.41) is 2.99. The third-order valence-electron chi connectivity index (χ3n) is 4.69. The highest BCUT2D eigenvalue weighted by molar-refractivity contribution is 6.08. The zero-order chi connectivity index (χ0) is 19.4. The summed E-state index contributed by atoms with van der Waals surface area (Å²) in [6, 6.07) is 2.07. The van der Waals surface area contributed by atoms with Gasteiger partial charge in [0.2, 0.25) is 0 Å². The fourth-order valence-electron chi connectivity index (χ4n) is 3.08. The summed E-state index contributed by atoms with van der Waals surface area (Å²) in [7, 11) is 0. The maximum Gasteiger partial charge on any atom is 0.310 e. The van der Waals surface area contributed by atoms with Crippen molar-refractivity contribution in [2.24, 2.45) is 15.7 Å². The molecule has 0 saturated carbocycles. The Morgan fingerprint density at radius 3 is 2.78 bits per heavy atom. The Morgan fingerprint density at radius 1 is 1.30 bits per heavy atom. The summed E-state index contributed by atoms with van der Waals surface area (Å²) in [6.45, 7) is 2.01. The number of rotatable bonds is 2. The minimum Gasteiger partial charge on any atom is -0.459 e. The second-order valence-electron chi connectivity index (χ2n) is 6.55. The molecule has 3 heterocycles. The van der Waals surface area contributed by atoms with Gasteiger partial charge in [-0.25, -0.2) is 14.4 Å². The molecule has 7 nitrogen and oxygen atoms in total. The molecule has 0 radical (unpaired) electrons. The molecule has 2 aliphatic heterocycles. The standard InChI is InChI=1S/C17H16F3N5O2/c1-8-23-13(6-26-8)14-22-5-9-3-11(18)10(4-12(9)24-14)16(2)17(19,20)7-27-15(21)25-16/h3-4,6H,5,7H2,1-2H3,(H2,21,25)(H,22,24). The fourth-order valence-corrected chi connectivity index (χ4v) is 3.08. The number of aryl methyl sites for hydroxylation is 1. The molecule has 10 heteroatoms. The number of amidine groups is 2. The summed E-state index contributed by atoms with van der Waals surface area (Å²) in [5.74, 6) is -3.39. The summed E-state index contributed by atoms with van der Waals surface area (Å²) in [6.07, 6.45) is 1.43. The van der Waals surface area contributed by atoms with Crippen molar-refractivity contribution in [3.63, 3.8) is 0 Å². The predicted molar refractivity (Wildman–Crippen MR) is 91.4 cm³/mol. The van der Waals surface area contributed by atoms with Crippen LogP contribution in [0.2, 0.25) is 0 Å². The molecular weight excluding hydrogens is 363 g/mol. The van der Waals surface area contributed by atoms with Crippen LogP contribution in [0.4, 0.5) is 18.9 Å². The SMILES string of the molecule is Cc1nc(C2=NCc3cc(F)c(C4(C)N=C(N)OCC4(F)F)cc3N2)co1. The van der Waals surface area contributed by atoms with Crippen LogP contribution in [0.15, 0.2) is 32.8 Å². The molecule has 2 aliphatic rings. The summed E-state index contributed by atoms with van der Waals surface area (Å²) < 4.78 is 53.6. The van der Waals surface area contributed by atoms with Crippen molar-refractivity contribution in [3.05, 3.63) is 46.9 Å². The van der Waals surface area contributed by atoms with Crippen LogP contribution in [0.1, 0.15) is 29.6 Å². The van der Waals surface area contributed by atoms with E-state index in [-0.39, 0.29) is 12.1 Å². The largest absolute Gasteiger partial charge is 0.459 e. The van der Waals surface area contributed by atoms with Gasteiger partial charge in [0.15, 0.2) is 23.9 Å². The van der Waals surface area contributed by atoms with Crippen molar-refractivity contribution < 1.29 is 22.3 Å². The zero-order valence-corrected chi connectivity index (χ0v) is 14.5. The molecule has 0 aliphatic carbocycles. The number of nitrogens with zero attached hydrogens (tertiary/aromatic N) is 3. The number of nitrogens with one attached hydrogen (secondary N) is 1. The quantitative estimate of drug-likeness (QED) is 0.836. The van der Waals surface area contributed by atoms with Crippen molar-refractivity contribution in [2.75, 3.05) is 11.9 Å². The lowest BCUT2D eigenvalue weighted by atomic mass is 9.84. The minimum absolute atomic E-state index is 0.169. The van der Waals surface area contributed by atoms with Crippen LogP contribution in [0, 0.1) is 12.7 Å². The molecule has 0 spiro atoms. The van der Waals surface area contributed by atoms with Crippen LogP contribution in [0.5, 0.6) is 0 Å². The Morgan fingerprint density at radius 2 is 2.07 bits per heavy atom. The van der Waals surface area contributed by atoms with Gasteiger partial charge < -0.3 is 20.2 Å². The summed E-state index contributed by atoms with van der Waals surface area (Å²) in [5.41, 5.74) is 4.42. The monoisotopic (exact) mass is 379 g/mol. The molecular formula is C17H16F3N5O2. The van der Waals surface area contributed by atoms with E-state index in [1.807, 2.05) is 0 Å². The zero-order valence-electron chi connectivity index (χ0n) is 14.5. The maximum atomic E-state index is 14.7. The first-order valence-electron chi connectivity index (χ1n) is 8.12. The van der Waals surface area contributed by atoms with Gasteiger partial charge in [-0.3, -0.25) is 4.99 Å². The Labute approximate surface area is 152 Å². The lowest BCUT2D eigenvalue weighted by Gasteiger charge is -2.38. The smallest absolute Gasteiger partial charge is 0.310 e. The van der Waals surface area contributed by atoms with Crippen molar-refractivity contribution in [2.45, 2.75) is 31.9 Å². The Hall–Kier alpha value is -3.04. The lowest BCUT2D eigenvalue weighted by molar-refractivity contribution is -0.117. The average molecular weight is 379 g/mol. The highest BCUT2D eigenvalue weighted by atomic mass is 19.3. The van der Waals surface area contributed by atoms with Gasteiger partial charge >= 0.3 is 5.92 Å². The van der Waals surface area contributed by atoms with E-state index in [1.165, 1.54) is 18.4 Å². The third-order valence-corrected chi connectivity index (χ3v) is 4.69. The van der Waals surface area contributed by atoms with Crippen LogP contribution < -0.4 is 11.1 Å². The number of hydrogen-bond acceptors (Lipinski definition) is 7. The van der Waals surface area contributed by atoms with E-state index in [1.54, 1.807) is 6.92 Å². The van der Waals surface area contributed by atoms with Crippen LogP contribution in [-0.2, 0) is 16.8 Å². The summed E-state index contributed by atoms with van der Waals surface area (Å²) >= 11 is 0. The molecule has 1 unspecified atom stereocenters. The van der Waals surface area contributed by atoms with E-state index >= 15 is 0 Å². The molecule has 0 saturated heterocycles. The topological polar surface area (TPSA) is 98.0 Å². The first-order chi connectivity index (χ1) is 12.7. The van der Waals surface area contributed by atoms with Crippen molar-refractivity contribution >= 4 is 17.5 Å². The van der Waals surface area contributed by atoms with E-state index in [4.69, 9.17) is 10.2 Å². The van der Waals surface area contributed by atoms with Gasteiger partial charge in [-0.1, -0.05) is 0 Å².